The Morgan fingerprint density at radius 3 is 1.75 bits per heavy atom. The Hall–Kier alpha value is -0.730. The SMILES string of the molecule is CC(C)CN=C(N(C)C)N(C)C. The number of guanidine groups is 1. The van der Waals surface area contributed by atoms with E-state index < -0.39 is 0 Å². The second-order valence-electron chi connectivity index (χ2n) is 3.82. The fourth-order valence-electron chi connectivity index (χ4n) is 0.947. The van der Waals surface area contributed by atoms with Crippen LogP contribution in [-0.4, -0.2) is 50.5 Å². The van der Waals surface area contributed by atoms with Crippen LogP contribution < -0.4 is 0 Å². The molecular weight excluding hydrogens is 150 g/mol. The topological polar surface area (TPSA) is 18.8 Å². The van der Waals surface area contributed by atoms with Crippen LogP contribution in [0.25, 0.3) is 0 Å². The molecule has 3 nitrogen and oxygen atoms in total. The van der Waals surface area contributed by atoms with Crippen molar-refractivity contribution in [1.29, 1.82) is 0 Å². The van der Waals surface area contributed by atoms with Gasteiger partial charge in [-0.05, 0) is 5.92 Å². The predicted octanol–water partition coefficient (Wildman–Crippen LogP) is 1.12. The molecule has 0 aromatic heterocycles. The first-order valence-corrected chi connectivity index (χ1v) is 4.34. The monoisotopic (exact) mass is 171 g/mol. The molecule has 0 fully saturated rings. The molecule has 0 heterocycles. The minimum Gasteiger partial charge on any atom is -0.349 e. The highest BCUT2D eigenvalue weighted by Crippen LogP contribution is 1.95. The normalized spacial score (nSPS) is 9.92. The largest absolute Gasteiger partial charge is 0.349 e. The summed E-state index contributed by atoms with van der Waals surface area (Å²) in [6, 6.07) is 0. The molecule has 0 aliphatic rings. The second kappa shape index (κ2) is 5.01. The molecule has 0 amide bonds. The molecule has 12 heavy (non-hydrogen) atoms. The van der Waals surface area contributed by atoms with Gasteiger partial charge in [-0.2, -0.15) is 0 Å². The van der Waals surface area contributed by atoms with Crippen molar-refractivity contribution in [2.75, 3.05) is 34.7 Å². The summed E-state index contributed by atoms with van der Waals surface area (Å²) in [4.78, 5) is 8.55. The Morgan fingerprint density at radius 2 is 1.50 bits per heavy atom. The van der Waals surface area contributed by atoms with Crippen molar-refractivity contribution >= 4 is 5.96 Å². The number of rotatable bonds is 2. The highest BCUT2D eigenvalue weighted by Gasteiger charge is 2.03. The zero-order valence-corrected chi connectivity index (χ0v) is 9.13. The molecule has 0 unspecified atom stereocenters. The van der Waals surface area contributed by atoms with E-state index in [0.717, 1.165) is 12.5 Å². The molecule has 72 valence electrons. The van der Waals surface area contributed by atoms with Gasteiger partial charge in [-0.25, -0.2) is 0 Å². The maximum absolute atomic E-state index is 4.49. The van der Waals surface area contributed by atoms with Crippen molar-refractivity contribution in [3.05, 3.63) is 0 Å². The van der Waals surface area contributed by atoms with Crippen molar-refractivity contribution < 1.29 is 0 Å². The van der Waals surface area contributed by atoms with Gasteiger partial charge in [0.25, 0.3) is 0 Å². The molecule has 0 saturated heterocycles. The Labute approximate surface area is 76.1 Å². The lowest BCUT2D eigenvalue weighted by atomic mass is 10.2. The summed E-state index contributed by atoms with van der Waals surface area (Å²) in [7, 11) is 8.05. The van der Waals surface area contributed by atoms with Gasteiger partial charge < -0.3 is 9.80 Å². The van der Waals surface area contributed by atoms with Crippen LogP contribution >= 0.6 is 0 Å². The van der Waals surface area contributed by atoms with Crippen LogP contribution in [0, 0.1) is 5.92 Å². The summed E-state index contributed by atoms with van der Waals surface area (Å²) in [5, 5.41) is 0. The molecular formula is C9H21N3. The van der Waals surface area contributed by atoms with Gasteiger partial charge in [0, 0.05) is 34.7 Å². The standard InChI is InChI=1S/C9H21N3/c1-8(2)7-10-9(11(3)4)12(5)6/h8H,7H2,1-6H3. The van der Waals surface area contributed by atoms with Gasteiger partial charge in [-0.1, -0.05) is 13.8 Å². The van der Waals surface area contributed by atoms with Crippen LogP contribution in [-0.2, 0) is 0 Å². The Bertz CT molecular complexity index is 138. The number of hydrogen-bond acceptors (Lipinski definition) is 1. The van der Waals surface area contributed by atoms with Crippen LogP contribution in [0.1, 0.15) is 13.8 Å². The van der Waals surface area contributed by atoms with Crippen molar-refractivity contribution in [2.24, 2.45) is 10.9 Å². The van der Waals surface area contributed by atoms with Crippen molar-refractivity contribution in [1.82, 2.24) is 9.80 Å². The van der Waals surface area contributed by atoms with Crippen molar-refractivity contribution in [3.8, 4) is 0 Å². The fourth-order valence-corrected chi connectivity index (χ4v) is 0.947. The first-order chi connectivity index (χ1) is 5.45. The minimum absolute atomic E-state index is 0.625. The zero-order valence-electron chi connectivity index (χ0n) is 9.13. The van der Waals surface area contributed by atoms with Crippen LogP contribution in [0.4, 0.5) is 0 Å². The third-order valence-corrected chi connectivity index (χ3v) is 1.40. The molecule has 0 N–H and O–H groups in total. The van der Waals surface area contributed by atoms with E-state index in [-0.39, 0.29) is 0 Å². The van der Waals surface area contributed by atoms with Gasteiger partial charge in [0.2, 0.25) is 0 Å². The molecule has 0 aromatic carbocycles. The quantitative estimate of drug-likeness (QED) is 0.458. The molecule has 0 aliphatic heterocycles. The third-order valence-electron chi connectivity index (χ3n) is 1.40. The molecule has 0 saturated carbocycles. The predicted molar refractivity (Wildman–Crippen MR) is 54.5 cm³/mol. The second-order valence-corrected chi connectivity index (χ2v) is 3.82. The van der Waals surface area contributed by atoms with Crippen LogP contribution in [0.2, 0.25) is 0 Å². The Kier molecular flexibility index (Phi) is 4.71. The van der Waals surface area contributed by atoms with E-state index in [0.29, 0.717) is 5.92 Å². The zero-order chi connectivity index (χ0) is 9.72. The lowest BCUT2D eigenvalue weighted by Crippen LogP contribution is -2.35. The fraction of sp³-hybridized carbons (Fsp3) is 0.889. The summed E-state index contributed by atoms with van der Waals surface area (Å²) in [6.07, 6.45) is 0. The summed E-state index contributed by atoms with van der Waals surface area (Å²) in [6.45, 7) is 5.24. The summed E-state index contributed by atoms with van der Waals surface area (Å²) >= 11 is 0. The van der Waals surface area contributed by atoms with E-state index in [9.17, 15) is 0 Å². The molecule has 0 radical (unpaired) electrons. The maximum atomic E-state index is 4.49. The van der Waals surface area contributed by atoms with Crippen molar-refractivity contribution in [3.63, 3.8) is 0 Å². The third kappa shape index (κ3) is 4.21. The van der Waals surface area contributed by atoms with Gasteiger partial charge in [-0.15, -0.1) is 0 Å². The molecule has 0 rings (SSSR count). The average Bonchev–Trinajstić information content (AvgIpc) is 1.84. The highest BCUT2D eigenvalue weighted by atomic mass is 15.3. The molecule has 0 bridgehead atoms. The number of hydrogen-bond donors (Lipinski definition) is 0. The lowest BCUT2D eigenvalue weighted by Gasteiger charge is -2.22. The van der Waals surface area contributed by atoms with E-state index in [1.165, 1.54) is 0 Å². The van der Waals surface area contributed by atoms with E-state index in [2.05, 4.69) is 18.8 Å². The first kappa shape index (κ1) is 11.3. The van der Waals surface area contributed by atoms with Gasteiger partial charge in [-0.3, -0.25) is 4.99 Å². The molecule has 0 atom stereocenters. The maximum Gasteiger partial charge on any atom is 0.195 e. The average molecular weight is 171 g/mol. The molecule has 0 aromatic rings. The van der Waals surface area contributed by atoms with E-state index in [1.54, 1.807) is 0 Å². The van der Waals surface area contributed by atoms with Gasteiger partial charge in [0.05, 0.1) is 0 Å². The van der Waals surface area contributed by atoms with Crippen LogP contribution in [0.5, 0.6) is 0 Å². The van der Waals surface area contributed by atoms with Gasteiger partial charge in [0.15, 0.2) is 5.96 Å². The number of aliphatic imine (C=N–C) groups is 1. The summed E-state index contributed by atoms with van der Waals surface area (Å²) < 4.78 is 0. The van der Waals surface area contributed by atoms with Gasteiger partial charge in [0.1, 0.15) is 0 Å². The Balaban J connectivity index is 4.19. The van der Waals surface area contributed by atoms with E-state index >= 15 is 0 Å². The number of nitrogens with zero attached hydrogens (tertiary/aromatic N) is 3. The first-order valence-electron chi connectivity index (χ1n) is 4.34. The van der Waals surface area contributed by atoms with Crippen LogP contribution in [0.3, 0.4) is 0 Å². The summed E-state index contributed by atoms with van der Waals surface area (Å²) in [5.74, 6) is 1.66. The Morgan fingerprint density at radius 1 is 1.08 bits per heavy atom. The van der Waals surface area contributed by atoms with E-state index in [4.69, 9.17) is 0 Å². The summed E-state index contributed by atoms with van der Waals surface area (Å²) in [5.41, 5.74) is 0. The van der Waals surface area contributed by atoms with E-state index in [1.807, 2.05) is 38.0 Å². The molecule has 3 heteroatoms. The highest BCUT2D eigenvalue weighted by molar-refractivity contribution is 5.79. The minimum atomic E-state index is 0.625. The lowest BCUT2D eigenvalue weighted by molar-refractivity contribution is 0.475. The molecule has 0 spiro atoms. The van der Waals surface area contributed by atoms with Gasteiger partial charge >= 0.3 is 0 Å². The smallest absolute Gasteiger partial charge is 0.195 e. The van der Waals surface area contributed by atoms with Crippen LogP contribution in [0.15, 0.2) is 4.99 Å². The molecule has 0 aliphatic carbocycles. The van der Waals surface area contributed by atoms with Crippen molar-refractivity contribution in [2.45, 2.75) is 13.8 Å².